The van der Waals surface area contributed by atoms with E-state index in [1.165, 1.54) is 18.2 Å². The molecule has 3 nitrogen and oxygen atoms in total. The van der Waals surface area contributed by atoms with Crippen LogP contribution < -0.4 is 5.73 Å². The zero-order chi connectivity index (χ0) is 22.4. The smallest absolute Gasteiger partial charge is 0.383 e. The number of benzene rings is 2. The van der Waals surface area contributed by atoms with Crippen molar-refractivity contribution in [3.05, 3.63) is 57.6 Å². The molecule has 0 atom stereocenters. The topological polar surface area (TPSA) is 43.8 Å². The molecular formula is C18H11Cl2F6N3S. The van der Waals surface area contributed by atoms with Gasteiger partial charge in [0.05, 0.1) is 26.7 Å². The van der Waals surface area contributed by atoms with Crippen LogP contribution in [0.15, 0.2) is 41.4 Å². The molecule has 2 N–H and O–H groups in total. The van der Waals surface area contributed by atoms with Gasteiger partial charge in [-0.25, -0.2) is 4.68 Å². The molecule has 0 bridgehead atoms. The number of anilines is 1. The Morgan fingerprint density at radius 3 is 2.03 bits per heavy atom. The van der Waals surface area contributed by atoms with Crippen LogP contribution in [0.2, 0.25) is 10.0 Å². The van der Waals surface area contributed by atoms with Gasteiger partial charge in [0.1, 0.15) is 16.5 Å². The number of nitrogens with two attached hydrogens (primary N) is 1. The molecule has 3 aromatic rings. The van der Waals surface area contributed by atoms with Crippen molar-refractivity contribution in [3.63, 3.8) is 0 Å². The first-order valence-electron chi connectivity index (χ1n) is 8.02. The van der Waals surface area contributed by atoms with Crippen molar-refractivity contribution in [2.45, 2.75) is 17.4 Å². The van der Waals surface area contributed by atoms with Crippen LogP contribution in [0, 0.1) is 0 Å². The molecule has 12 heteroatoms. The lowest BCUT2D eigenvalue weighted by atomic mass is 10.0. The van der Waals surface area contributed by atoms with E-state index in [1.807, 2.05) is 0 Å². The van der Waals surface area contributed by atoms with E-state index in [0.717, 1.165) is 22.5 Å². The average Bonchev–Trinajstić information content (AvgIpc) is 2.96. The Labute approximate surface area is 180 Å². The van der Waals surface area contributed by atoms with E-state index in [-0.39, 0.29) is 27.7 Å². The number of hydrogen-bond acceptors (Lipinski definition) is 3. The highest BCUT2D eigenvalue weighted by Crippen LogP contribution is 2.45. The summed E-state index contributed by atoms with van der Waals surface area (Å²) >= 11 is 13.0. The van der Waals surface area contributed by atoms with E-state index in [1.54, 1.807) is 6.26 Å². The van der Waals surface area contributed by atoms with E-state index in [2.05, 4.69) is 5.10 Å². The largest absolute Gasteiger partial charge is 0.417 e. The van der Waals surface area contributed by atoms with E-state index in [9.17, 15) is 26.3 Å². The first-order chi connectivity index (χ1) is 13.9. The van der Waals surface area contributed by atoms with Crippen LogP contribution in [0.25, 0.3) is 16.8 Å². The monoisotopic (exact) mass is 485 g/mol. The number of nitrogens with zero attached hydrogens (tertiary/aromatic N) is 2. The van der Waals surface area contributed by atoms with Gasteiger partial charge in [-0.2, -0.15) is 31.4 Å². The molecule has 0 fully saturated rings. The van der Waals surface area contributed by atoms with Gasteiger partial charge in [-0.05, 0) is 24.5 Å². The van der Waals surface area contributed by atoms with Crippen LogP contribution in [0.1, 0.15) is 11.1 Å². The van der Waals surface area contributed by atoms with Gasteiger partial charge in [0.25, 0.3) is 0 Å². The first-order valence-corrected chi connectivity index (χ1v) is 10.00. The second-order valence-electron chi connectivity index (χ2n) is 6.01. The lowest BCUT2D eigenvalue weighted by Crippen LogP contribution is -2.09. The SMILES string of the molecule is CSc1nn(-c2c(Cl)cc(C(F)(F)F)cc2Cl)c(N)c1-c1ccccc1C(F)(F)F. The number of nitrogen functional groups attached to an aromatic ring is 1. The third-order valence-corrected chi connectivity index (χ3v) is 5.39. The molecule has 0 unspecified atom stereocenters. The lowest BCUT2D eigenvalue weighted by Gasteiger charge is -2.14. The van der Waals surface area contributed by atoms with Crippen molar-refractivity contribution in [1.29, 1.82) is 0 Å². The third kappa shape index (κ3) is 4.08. The van der Waals surface area contributed by atoms with Crippen LogP contribution in [-0.2, 0) is 12.4 Å². The summed E-state index contributed by atoms with van der Waals surface area (Å²) in [6.07, 6.45) is -7.78. The highest BCUT2D eigenvalue weighted by molar-refractivity contribution is 7.98. The number of rotatable bonds is 3. The predicted molar refractivity (Wildman–Crippen MR) is 105 cm³/mol. The quantitative estimate of drug-likeness (QED) is 0.315. The molecule has 0 radical (unpaired) electrons. The maximum atomic E-state index is 13.5. The molecule has 160 valence electrons. The molecule has 0 aliphatic heterocycles. The minimum absolute atomic E-state index is 0.0255. The fraction of sp³-hybridized carbons (Fsp3) is 0.167. The Morgan fingerprint density at radius 1 is 0.967 bits per heavy atom. The van der Waals surface area contributed by atoms with E-state index >= 15 is 0 Å². The maximum absolute atomic E-state index is 13.5. The summed E-state index contributed by atoms with van der Waals surface area (Å²) in [6.45, 7) is 0. The van der Waals surface area contributed by atoms with Crippen molar-refractivity contribution in [1.82, 2.24) is 9.78 Å². The lowest BCUT2D eigenvalue weighted by molar-refractivity contribution is -0.138. The highest BCUT2D eigenvalue weighted by Gasteiger charge is 2.36. The second-order valence-corrected chi connectivity index (χ2v) is 7.62. The molecule has 0 saturated carbocycles. The number of alkyl halides is 6. The highest BCUT2D eigenvalue weighted by atomic mass is 35.5. The zero-order valence-corrected chi connectivity index (χ0v) is 17.2. The summed E-state index contributed by atoms with van der Waals surface area (Å²) in [4.78, 5) is 0. The predicted octanol–water partition coefficient (Wildman–Crippen LogP) is 7.19. The van der Waals surface area contributed by atoms with Gasteiger partial charge in [0.2, 0.25) is 0 Å². The summed E-state index contributed by atoms with van der Waals surface area (Å²) in [6, 6.07) is 6.06. The molecule has 0 aliphatic rings. The van der Waals surface area contributed by atoms with E-state index in [0.29, 0.717) is 12.1 Å². The van der Waals surface area contributed by atoms with Gasteiger partial charge in [-0.3, -0.25) is 0 Å². The van der Waals surface area contributed by atoms with Crippen molar-refractivity contribution < 1.29 is 26.3 Å². The molecular weight excluding hydrogens is 475 g/mol. The van der Waals surface area contributed by atoms with E-state index in [4.69, 9.17) is 28.9 Å². The van der Waals surface area contributed by atoms with Gasteiger partial charge >= 0.3 is 12.4 Å². The Balaban J connectivity index is 2.28. The van der Waals surface area contributed by atoms with Crippen LogP contribution >= 0.6 is 35.0 Å². The molecule has 0 aliphatic carbocycles. The molecule has 1 aromatic heterocycles. The van der Waals surface area contributed by atoms with Gasteiger partial charge < -0.3 is 5.73 Å². The molecule has 0 amide bonds. The Kier molecular flexibility index (Phi) is 5.96. The van der Waals surface area contributed by atoms with Crippen LogP contribution in [0.3, 0.4) is 0 Å². The van der Waals surface area contributed by atoms with Gasteiger partial charge in [0, 0.05) is 5.56 Å². The Morgan fingerprint density at radius 2 is 1.53 bits per heavy atom. The summed E-state index contributed by atoms with van der Waals surface area (Å²) in [7, 11) is 0. The van der Waals surface area contributed by atoms with Crippen LogP contribution in [0.5, 0.6) is 0 Å². The average molecular weight is 486 g/mol. The van der Waals surface area contributed by atoms with Crippen LogP contribution in [0.4, 0.5) is 32.2 Å². The van der Waals surface area contributed by atoms with Gasteiger partial charge in [-0.1, -0.05) is 41.4 Å². The fourth-order valence-electron chi connectivity index (χ4n) is 2.86. The number of aromatic nitrogens is 2. The van der Waals surface area contributed by atoms with E-state index < -0.39 is 33.5 Å². The van der Waals surface area contributed by atoms with Crippen molar-refractivity contribution in [3.8, 4) is 16.8 Å². The fourth-order valence-corrected chi connectivity index (χ4v) is 4.09. The standard InChI is InChI=1S/C18H11Cl2F6N3S/c1-30-16-13(9-4-2-3-5-10(9)18(24,25)26)15(27)29(28-16)14-11(19)6-8(7-12(14)20)17(21,22)23/h2-7H,27H2,1H3. The third-order valence-electron chi connectivity index (χ3n) is 4.14. The summed E-state index contributed by atoms with van der Waals surface area (Å²) in [5.74, 6) is -0.250. The number of halogens is 8. The summed E-state index contributed by atoms with van der Waals surface area (Å²) in [5, 5.41) is 3.45. The zero-order valence-electron chi connectivity index (χ0n) is 14.9. The second kappa shape index (κ2) is 7.90. The molecule has 0 saturated heterocycles. The Hall–Kier alpha value is -2.04. The van der Waals surface area contributed by atoms with Gasteiger partial charge in [0.15, 0.2) is 0 Å². The minimum atomic E-state index is -4.69. The molecule has 1 heterocycles. The molecule has 30 heavy (non-hydrogen) atoms. The van der Waals surface area contributed by atoms with Gasteiger partial charge in [-0.15, -0.1) is 11.8 Å². The van der Waals surface area contributed by atoms with Crippen molar-refractivity contribution in [2.75, 3.05) is 12.0 Å². The van der Waals surface area contributed by atoms with Crippen LogP contribution in [-0.4, -0.2) is 16.0 Å². The minimum Gasteiger partial charge on any atom is -0.383 e. The summed E-state index contributed by atoms with van der Waals surface area (Å²) in [5.41, 5.74) is 3.66. The Bertz CT molecular complexity index is 1090. The van der Waals surface area contributed by atoms with Crippen molar-refractivity contribution in [2.24, 2.45) is 0 Å². The first kappa shape index (κ1) is 22.6. The summed E-state index contributed by atoms with van der Waals surface area (Å²) < 4.78 is 80.4. The molecule has 3 rings (SSSR count). The molecule has 2 aromatic carbocycles. The van der Waals surface area contributed by atoms with Crippen molar-refractivity contribution >= 4 is 40.8 Å². The number of thioether (sulfide) groups is 1. The maximum Gasteiger partial charge on any atom is 0.417 e. The molecule has 0 spiro atoms. The number of hydrogen-bond donors (Lipinski definition) is 1. The normalized spacial score (nSPS) is 12.4.